The Morgan fingerprint density at radius 3 is 2.53 bits per heavy atom. The van der Waals surface area contributed by atoms with Crippen LogP contribution in [-0.4, -0.2) is 38.0 Å². The van der Waals surface area contributed by atoms with Crippen LogP contribution in [0.5, 0.6) is 5.75 Å². The minimum Gasteiger partial charge on any atom is -0.490 e. The van der Waals surface area contributed by atoms with Crippen LogP contribution in [0.15, 0.2) is 66.7 Å². The summed E-state index contributed by atoms with van der Waals surface area (Å²) in [4.78, 5) is 24.5. The number of aromatic nitrogens is 3. The summed E-state index contributed by atoms with van der Waals surface area (Å²) in [6.45, 7) is 0. The van der Waals surface area contributed by atoms with Crippen molar-refractivity contribution in [3.63, 3.8) is 0 Å². The highest BCUT2D eigenvalue weighted by Gasteiger charge is 2.19. The molecule has 3 aromatic carbocycles. The second-order valence-corrected chi connectivity index (χ2v) is 6.99. The van der Waals surface area contributed by atoms with E-state index in [-0.39, 0.29) is 22.1 Å². The van der Waals surface area contributed by atoms with E-state index in [4.69, 9.17) is 17.0 Å². The lowest BCUT2D eigenvalue weighted by atomic mass is 10.1. The topological polar surface area (TPSA) is 124 Å². The van der Waals surface area contributed by atoms with Crippen molar-refractivity contribution in [2.75, 3.05) is 12.4 Å². The van der Waals surface area contributed by atoms with Gasteiger partial charge < -0.3 is 10.1 Å². The first kappa shape index (κ1) is 20.9. The molecule has 0 spiro atoms. The molecule has 0 aliphatic rings. The van der Waals surface area contributed by atoms with E-state index in [0.29, 0.717) is 16.7 Å². The zero-order valence-electron chi connectivity index (χ0n) is 16.7. The molecule has 0 bridgehead atoms. The van der Waals surface area contributed by atoms with Gasteiger partial charge in [-0.2, -0.15) is 4.80 Å². The van der Waals surface area contributed by atoms with Crippen molar-refractivity contribution in [3.05, 3.63) is 82.4 Å². The van der Waals surface area contributed by atoms with Gasteiger partial charge in [0.05, 0.1) is 17.7 Å². The second-order valence-electron chi connectivity index (χ2n) is 6.58. The van der Waals surface area contributed by atoms with Gasteiger partial charge in [0.1, 0.15) is 11.0 Å². The number of nitrogens with one attached hydrogen (secondary N) is 2. The number of para-hydroxylation sites is 1. The molecule has 10 nitrogen and oxygen atoms in total. The molecule has 160 valence electrons. The standard InChI is InChI=1S/C21H16N6O4S/c1-31-19-10-7-13(11-18(19)27(29)30)20(28)23-21(32)22-14-8-9-16-17(12-14)25-26(24-16)15-5-3-2-4-6-15/h2-12H,1H3,(H2,22,23,28,32). The minimum atomic E-state index is -0.621. The summed E-state index contributed by atoms with van der Waals surface area (Å²) in [7, 11) is 1.32. The lowest BCUT2D eigenvalue weighted by Gasteiger charge is -2.10. The molecule has 0 fully saturated rings. The summed E-state index contributed by atoms with van der Waals surface area (Å²) in [6.07, 6.45) is 0. The van der Waals surface area contributed by atoms with Crippen LogP contribution in [0.25, 0.3) is 16.7 Å². The SMILES string of the molecule is COc1ccc(C(=O)NC(=S)Nc2ccc3nn(-c4ccccc4)nc3c2)cc1[N+](=O)[O-]. The number of thiocarbonyl (C=S) groups is 1. The molecule has 2 N–H and O–H groups in total. The van der Waals surface area contributed by atoms with Crippen LogP contribution in [0.2, 0.25) is 0 Å². The van der Waals surface area contributed by atoms with Crippen LogP contribution in [0, 0.1) is 10.1 Å². The number of fused-ring (bicyclic) bond motifs is 1. The van der Waals surface area contributed by atoms with Gasteiger partial charge in [0.2, 0.25) is 0 Å². The Kier molecular flexibility index (Phi) is 5.73. The van der Waals surface area contributed by atoms with E-state index in [2.05, 4.69) is 20.8 Å². The molecule has 1 heterocycles. The third-order valence-electron chi connectivity index (χ3n) is 4.49. The molecule has 32 heavy (non-hydrogen) atoms. The Labute approximate surface area is 187 Å². The molecule has 11 heteroatoms. The van der Waals surface area contributed by atoms with Crippen LogP contribution in [0.3, 0.4) is 0 Å². The van der Waals surface area contributed by atoms with Crippen LogP contribution < -0.4 is 15.4 Å². The molecule has 0 saturated carbocycles. The molecular weight excluding hydrogens is 432 g/mol. The van der Waals surface area contributed by atoms with E-state index in [1.54, 1.807) is 18.2 Å². The molecule has 0 radical (unpaired) electrons. The molecule has 0 saturated heterocycles. The Balaban J connectivity index is 1.47. The number of nitrogens with zero attached hydrogens (tertiary/aromatic N) is 4. The van der Waals surface area contributed by atoms with Crippen molar-refractivity contribution >= 4 is 45.6 Å². The highest BCUT2D eigenvalue weighted by Crippen LogP contribution is 2.27. The fourth-order valence-corrected chi connectivity index (χ4v) is 3.19. The number of hydrogen-bond donors (Lipinski definition) is 2. The van der Waals surface area contributed by atoms with E-state index in [1.807, 2.05) is 30.3 Å². The predicted molar refractivity (Wildman–Crippen MR) is 122 cm³/mol. The van der Waals surface area contributed by atoms with E-state index in [9.17, 15) is 14.9 Å². The number of methoxy groups -OCH3 is 1. The van der Waals surface area contributed by atoms with E-state index < -0.39 is 10.8 Å². The highest BCUT2D eigenvalue weighted by molar-refractivity contribution is 7.80. The van der Waals surface area contributed by atoms with Crippen molar-refractivity contribution < 1.29 is 14.5 Å². The monoisotopic (exact) mass is 448 g/mol. The molecule has 0 unspecified atom stereocenters. The van der Waals surface area contributed by atoms with Crippen LogP contribution in [0.1, 0.15) is 10.4 Å². The average Bonchev–Trinajstić information content (AvgIpc) is 3.22. The largest absolute Gasteiger partial charge is 0.490 e. The zero-order chi connectivity index (χ0) is 22.7. The van der Waals surface area contributed by atoms with Gasteiger partial charge in [0.25, 0.3) is 5.91 Å². The van der Waals surface area contributed by atoms with Crippen molar-refractivity contribution in [1.29, 1.82) is 0 Å². The van der Waals surface area contributed by atoms with Crippen molar-refractivity contribution in [2.24, 2.45) is 0 Å². The number of anilines is 1. The number of carbonyl (C=O) groups is 1. The van der Waals surface area contributed by atoms with Crippen LogP contribution in [0.4, 0.5) is 11.4 Å². The van der Waals surface area contributed by atoms with Crippen molar-refractivity contribution in [1.82, 2.24) is 20.3 Å². The molecule has 0 atom stereocenters. The summed E-state index contributed by atoms with van der Waals surface area (Å²) < 4.78 is 4.94. The van der Waals surface area contributed by atoms with E-state index in [1.165, 1.54) is 24.0 Å². The lowest BCUT2D eigenvalue weighted by molar-refractivity contribution is -0.385. The van der Waals surface area contributed by atoms with Gasteiger partial charge in [-0.15, -0.1) is 10.2 Å². The quantitative estimate of drug-likeness (QED) is 0.270. The number of carbonyl (C=O) groups excluding carboxylic acids is 1. The Morgan fingerprint density at radius 1 is 1.06 bits per heavy atom. The zero-order valence-corrected chi connectivity index (χ0v) is 17.5. The number of nitro benzene ring substituents is 1. The van der Waals surface area contributed by atoms with Crippen LogP contribution >= 0.6 is 12.2 Å². The summed E-state index contributed by atoms with van der Waals surface area (Å²) in [6, 6.07) is 18.7. The number of hydrogen-bond acceptors (Lipinski definition) is 7. The third-order valence-corrected chi connectivity index (χ3v) is 4.69. The smallest absolute Gasteiger partial charge is 0.311 e. The summed E-state index contributed by atoms with van der Waals surface area (Å²) >= 11 is 5.21. The number of amides is 1. The van der Waals surface area contributed by atoms with Crippen LogP contribution in [-0.2, 0) is 0 Å². The first-order valence-corrected chi connectivity index (χ1v) is 9.73. The number of nitro groups is 1. The molecule has 4 rings (SSSR count). The number of benzene rings is 3. The number of ether oxygens (including phenoxy) is 1. The van der Waals surface area contributed by atoms with Gasteiger partial charge >= 0.3 is 5.69 Å². The van der Waals surface area contributed by atoms with Gasteiger partial charge in [-0.25, -0.2) is 0 Å². The first-order valence-electron chi connectivity index (χ1n) is 9.32. The maximum atomic E-state index is 12.5. The van der Waals surface area contributed by atoms with Crippen molar-refractivity contribution in [3.8, 4) is 11.4 Å². The lowest BCUT2D eigenvalue weighted by Crippen LogP contribution is -2.34. The highest BCUT2D eigenvalue weighted by atomic mass is 32.1. The maximum absolute atomic E-state index is 12.5. The first-order chi connectivity index (χ1) is 15.4. The molecule has 0 aliphatic heterocycles. The minimum absolute atomic E-state index is 0.0308. The molecule has 1 aromatic heterocycles. The Bertz CT molecular complexity index is 1340. The predicted octanol–water partition coefficient (Wildman–Crippen LogP) is 3.46. The maximum Gasteiger partial charge on any atom is 0.311 e. The second kappa shape index (κ2) is 8.78. The summed E-state index contributed by atoms with van der Waals surface area (Å²) in [5, 5.41) is 25.5. The summed E-state index contributed by atoms with van der Waals surface area (Å²) in [5.41, 5.74) is 2.52. The Morgan fingerprint density at radius 2 is 1.81 bits per heavy atom. The molecule has 4 aromatic rings. The summed E-state index contributed by atoms with van der Waals surface area (Å²) in [5.74, 6) is -0.534. The van der Waals surface area contributed by atoms with E-state index >= 15 is 0 Å². The molecular formula is C21H16N6O4S. The van der Waals surface area contributed by atoms with E-state index in [0.717, 1.165) is 11.8 Å². The average molecular weight is 448 g/mol. The van der Waals surface area contributed by atoms with Gasteiger partial charge in [0.15, 0.2) is 10.9 Å². The fourth-order valence-electron chi connectivity index (χ4n) is 2.98. The van der Waals surface area contributed by atoms with Gasteiger partial charge in [-0.05, 0) is 54.7 Å². The van der Waals surface area contributed by atoms with Gasteiger partial charge in [-0.3, -0.25) is 20.2 Å². The van der Waals surface area contributed by atoms with Gasteiger partial charge in [0, 0.05) is 17.3 Å². The van der Waals surface area contributed by atoms with Gasteiger partial charge in [-0.1, -0.05) is 18.2 Å². The normalized spacial score (nSPS) is 10.5. The van der Waals surface area contributed by atoms with Crippen molar-refractivity contribution in [2.45, 2.75) is 0 Å². The third kappa shape index (κ3) is 4.37. The Hall–Kier alpha value is -4.38. The molecule has 0 aliphatic carbocycles. The molecule has 1 amide bonds. The number of rotatable bonds is 5. The fraction of sp³-hybridized carbons (Fsp3) is 0.0476.